The van der Waals surface area contributed by atoms with E-state index in [9.17, 15) is 0 Å². The number of rotatable bonds is 3. The zero-order valence-corrected chi connectivity index (χ0v) is 12.2. The van der Waals surface area contributed by atoms with Crippen molar-refractivity contribution < 1.29 is 0 Å². The molecule has 15 heavy (non-hydrogen) atoms. The zero-order chi connectivity index (χ0) is 10.7. The van der Waals surface area contributed by atoms with E-state index in [4.69, 9.17) is 0 Å². The molecule has 1 fully saturated rings. The molecule has 0 nitrogen and oxygen atoms in total. The van der Waals surface area contributed by atoms with E-state index in [1.165, 1.54) is 44.9 Å². The number of hydrogen-bond donors (Lipinski definition) is 0. The van der Waals surface area contributed by atoms with Gasteiger partial charge in [-0.05, 0) is 0 Å². The normalized spacial score (nSPS) is 26.8. The summed E-state index contributed by atoms with van der Waals surface area (Å²) in [6, 6.07) is 0. The van der Waals surface area contributed by atoms with Gasteiger partial charge in [0, 0.05) is 0 Å². The van der Waals surface area contributed by atoms with Crippen LogP contribution in [0.1, 0.15) is 58.8 Å². The Bertz CT molecular complexity index is 269. The molecule has 0 atom stereocenters. The minimum absolute atomic E-state index is 0.730. The van der Waals surface area contributed by atoms with Crippen molar-refractivity contribution in [2.24, 2.45) is 0 Å². The van der Waals surface area contributed by atoms with Gasteiger partial charge >= 0.3 is 102 Å². The van der Waals surface area contributed by atoms with Gasteiger partial charge in [-0.1, -0.05) is 0 Å². The Morgan fingerprint density at radius 2 is 2.00 bits per heavy atom. The van der Waals surface area contributed by atoms with Crippen LogP contribution in [-0.4, -0.2) is 3.42 Å². The fraction of sp³-hybridized carbons (Fsp3) is 0.714. The van der Waals surface area contributed by atoms with Gasteiger partial charge in [0.15, 0.2) is 0 Å². The molecular weight excluding hydrogens is 295 g/mol. The second-order valence-corrected chi connectivity index (χ2v) is 11.0. The van der Waals surface area contributed by atoms with Crippen LogP contribution >= 0.6 is 19.8 Å². The topological polar surface area (TPSA) is 0 Å². The van der Waals surface area contributed by atoms with E-state index in [2.05, 4.69) is 28.1 Å². The Labute approximate surface area is 102 Å². The average molecular weight is 318 g/mol. The van der Waals surface area contributed by atoms with Crippen molar-refractivity contribution in [2.75, 3.05) is 0 Å². The van der Waals surface area contributed by atoms with Gasteiger partial charge in [-0.15, -0.1) is 0 Å². The van der Waals surface area contributed by atoms with Crippen LogP contribution in [0.2, 0.25) is 0 Å². The summed E-state index contributed by atoms with van der Waals surface area (Å²) in [4.78, 5) is 0. The van der Waals surface area contributed by atoms with E-state index in [1.54, 1.807) is 5.57 Å². The average Bonchev–Trinajstić information content (AvgIpc) is 2.69. The molecule has 0 aromatic rings. The Morgan fingerprint density at radius 3 is 2.67 bits per heavy atom. The van der Waals surface area contributed by atoms with Crippen molar-refractivity contribution >= 4 is 19.8 Å². The summed E-state index contributed by atoms with van der Waals surface area (Å²) in [6.07, 6.45) is 12.5. The van der Waals surface area contributed by atoms with Crippen LogP contribution in [0.25, 0.3) is 0 Å². The molecule has 1 aliphatic carbocycles. The van der Waals surface area contributed by atoms with Crippen LogP contribution in [0, 0.1) is 0 Å². The molecule has 0 aromatic heterocycles. The van der Waals surface area contributed by atoms with Gasteiger partial charge in [0.1, 0.15) is 0 Å². The molecule has 0 bridgehead atoms. The number of allylic oxidation sites excluding steroid dienone is 2. The van der Waals surface area contributed by atoms with Crippen LogP contribution in [0.3, 0.4) is 0 Å². The molecule has 0 N–H and O–H groups in total. The van der Waals surface area contributed by atoms with Crippen LogP contribution in [-0.2, 0) is 0 Å². The maximum absolute atomic E-state index is 2.69. The molecule has 0 unspecified atom stereocenters. The van der Waals surface area contributed by atoms with E-state index in [-0.39, 0.29) is 0 Å². The Kier molecular flexibility index (Phi) is 3.92. The molecular formula is C14H23I. The molecule has 0 saturated heterocycles. The molecule has 2 rings (SSSR count). The van der Waals surface area contributed by atoms with Gasteiger partial charge in [0.25, 0.3) is 0 Å². The van der Waals surface area contributed by atoms with Crippen molar-refractivity contribution in [3.05, 3.63) is 19.8 Å². The van der Waals surface area contributed by atoms with Crippen LogP contribution < -0.4 is 0 Å². The van der Waals surface area contributed by atoms with E-state index >= 15 is 0 Å². The number of alkyl halides is 1. The molecule has 86 valence electrons. The van der Waals surface area contributed by atoms with Gasteiger partial charge in [-0.3, -0.25) is 0 Å². The third-order valence-corrected chi connectivity index (χ3v) is 10.3. The monoisotopic (exact) mass is 318 g/mol. The Hall–Kier alpha value is 0.210. The molecule has 1 saturated carbocycles. The van der Waals surface area contributed by atoms with Crippen LogP contribution in [0.5, 0.6) is 0 Å². The van der Waals surface area contributed by atoms with Crippen molar-refractivity contribution in [3.63, 3.8) is 0 Å². The molecule has 2 aliphatic rings. The molecule has 0 amide bonds. The van der Waals surface area contributed by atoms with Crippen molar-refractivity contribution in [1.29, 1.82) is 0 Å². The quantitative estimate of drug-likeness (QED) is 0.481. The Morgan fingerprint density at radius 1 is 1.27 bits per heavy atom. The molecule has 0 spiro atoms. The van der Waals surface area contributed by atoms with Crippen molar-refractivity contribution in [2.45, 2.75) is 62.2 Å². The standard InChI is InChI=1S/C14H23I/c1-3-7-13-8-11-15(12-13)14(2)9-5-4-6-10-14/h8,11-12H,3-7,9-10H2,1-2H3. The molecule has 1 heterocycles. The zero-order valence-electron chi connectivity index (χ0n) is 10.1. The fourth-order valence-electron chi connectivity index (χ4n) is 2.59. The van der Waals surface area contributed by atoms with Crippen molar-refractivity contribution in [1.82, 2.24) is 0 Å². The van der Waals surface area contributed by atoms with Crippen molar-refractivity contribution in [3.8, 4) is 0 Å². The van der Waals surface area contributed by atoms with Gasteiger partial charge < -0.3 is 0 Å². The predicted octanol–water partition coefficient (Wildman–Crippen LogP) is 5.43. The summed E-state index contributed by atoms with van der Waals surface area (Å²) in [7, 11) is 0. The first kappa shape index (κ1) is 11.7. The predicted molar refractivity (Wildman–Crippen MR) is 77.6 cm³/mol. The molecule has 1 heteroatoms. The summed E-state index contributed by atoms with van der Waals surface area (Å²) >= 11 is -0.894. The van der Waals surface area contributed by atoms with Gasteiger partial charge in [-0.2, -0.15) is 0 Å². The second kappa shape index (κ2) is 5.03. The molecule has 0 aromatic carbocycles. The summed E-state index contributed by atoms with van der Waals surface area (Å²) in [6.45, 7) is 4.85. The fourth-order valence-corrected chi connectivity index (χ4v) is 8.66. The second-order valence-electron chi connectivity index (χ2n) is 5.04. The number of hydrogen-bond acceptors (Lipinski definition) is 0. The first-order valence-electron chi connectivity index (χ1n) is 6.30. The van der Waals surface area contributed by atoms with E-state index in [0.29, 0.717) is 0 Å². The summed E-state index contributed by atoms with van der Waals surface area (Å²) in [5, 5.41) is 0. The van der Waals surface area contributed by atoms with Crippen LogP contribution in [0.15, 0.2) is 19.8 Å². The summed E-state index contributed by atoms with van der Waals surface area (Å²) < 4.78 is 6.03. The van der Waals surface area contributed by atoms with Gasteiger partial charge in [0.2, 0.25) is 0 Å². The van der Waals surface area contributed by atoms with Gasteiger partial charge in [0.05, 0.1) is 0 Å². The third kappa shape index (κ3) is 2.66. The molecule has 1 aliphatic heterocycles. The van der Waals surface area contributed by atoms with Gasteiger partial charge in [-0.25, -0.2) is 0 Å². The first-order chi connectivity index (χ1) is 7.24. The first-order valence-corrected chi connectivity index (χ1v) is 9.87. The van der Waals surface area contributed by atoms with E-state index < -0.39 is 19.8 Å². The number of halogens is 1. The van der Waals surface area contributed by atoms with E-state index in [0.717, 1.165) is 3.42 Å². The third-order valence-electron chi connectivity index (χ3n) is 3.63. The maximum atomic E-state index is 2.69. The van der Waals surface area contributed by atoms with E-state index in [1.807, 2.05) is 0 Å². The Balaban J connectivity index is 2.02. The summed E-state index contributed by atoms with van der Waals surface area (Å²) in [5.74, 6) is 0. The SMILES string of the molecule is CCCC1=CI(C2(C)CCCCC2)C=C1. The summed E-state index contributed by atoms with van der Waals surface area (Å²) in [5.41, 5.74) is 1.65. The molecule has 0 radical (unpaired) electrons. The minimum atomic E-state index is -0.894. The van der Waals surface area contributed by atoms with Crippen LogP contribution in [0.4, 0.5) is 0 Å².